The Hall–Kier alpha value is -2.89. The molecule has 1 saturated carbocycles. The van der Waals surface area contributed by atoms with Crippen molar-refractivity contribution in [3.63, 3.8) is 0 Å². The molecule has 1 aromatic heterocycles. The SMILES string of the molecule is CC(C)(C)OC(=O)N(c1ccc(C2CCCCN2C(=O)c2ccccc2)cn1)C1CCC1. The summed E-state index contributed by atoms with van der Waals surface area (Å²) in [5.41, 5.74) is 1.17. The molecule has 1 unspecified atom stereocenters. The lowest BCUT2D eigenvalue weighted by atomic mass is 9.91. The molecule has 0 radical (unpaired) electrons. The summed E-state index contributed by atoms with van der Waals surface area (Å²) in [6.45, 7) is 6.37. The van der Waals surface area contributed by atoms with E-state index in [4.69, 9.17) is 4.74 Å². The van der Waals surface area contributed by atoms with Crippen LogP contribution in [0.15, 0.2) is 48.7 Å². The first-order valence-electron chi connectivity index (χ1n) is 11.7. The normalized spacial score (nSPS) is 19.2. The summed E-state index contributed by atoms with van der Waals surface area (Å²) in [7, 11) is 0. The molecule has 0 spiro atoms. The van der Waals surface area contributed by atoms with Crippen LogP contribution in [0.3, 0.4) is 0 Å². The number of likely N-dealkylation sites (tertiary alicyclic amines) is 1. The van der Waals surface area contributed by atoms with Crippen LogP contribution in [0.5, 0.6) is 0 Å². The van der Waals surface area contributed by atoms with Gasteiger partial charge >= 0.3 is 6.09 Å². The number of amides is 2. The van der Waals surface area contributed by atoms with Gasteiger partial charge in [-0.15, -0.1) is 0 Å². The van der Waals surface area contributed by atoms with Gasteiger partial charge in [0.15, 0.2) is 0 Å². The molecule has 0 bridgehead atoms. The summed E-state index contributed by atoms with van der Waals surface area (Å²) in [6.07, 6.45) is 7.52. The summed E-state index contributed by atoms with van der Waals surface area (Å²) in [5, 5.41) is 0. The third kappa shape index (κ3) is 4.95. The van der Waals surface area contributed by atoms with Gasteiger partial charge < -0.3 is 9.64 Å². The van der Waals surface area contributed by atoms with Gasteiger partial charge in [-0.3, -0.25) is 9.69 Å². The van der Waals surface area contributed by atoms with Gasteiger partial charge in [0, 0.05) is 24.3 Å². The molecule has 4 rings (SSSR count). The van der Waals surface area contributed by atoms with Gasteiger partial charge in [0.1, 0.15) is 11.4 Å². The van der Waals surface area contributed by atoms with Crippen LogP contribution < -0.4 is 4.90 Å². The van der Waals surface area contributed by atoms with Crippen molar-refractivity contribution >= 4 is 17.8 Å². The number of piperidine rings is 1. The van der Waals surface area contributed by atoms with Crippen LogP contribution in [0.1, 0.15) is 81.3 Å². The number of hydrogen-bond donors (Lipinski definition) is 0. The fourth-order valence-corrected chi connectivity index (χ4v) is 4.39. The second-order valence-corrected chi connectivity index (χ2v) is 9.76. The summed E-state index contributed by atoms with van der Waals surface area (Å²) in [6, 6.07) is 13.5. The lowest BCUT2D eigenvalue weighted by molar-refractivity contribution is 0.0547. The maximum atomic E-state index is 13.2. The van der Waals surface area contributed by atoms with E-state index in [9.17, 15) is 9.59 Å². The van der Waals surface area contributed by atoms with Crippen molar-refractivity contribution in [2.24, 2.45) is 0 Å². The summed E-state index contributed by atoms with van der Waals surface area (Å²) in [4.78, 5) is 34.4. The van der Waals surface area contributed by atoms with Crippen molar-refractivity contribution in [2.45, 2.75) is 77.0 Å². The third-order valence-corrected chi connectivity index (χ3v) is 6.22. The Morgan fingerprint density at radius 2 is 1.75 bits per heavy atom. The predicted octanol–water partition coefficient (Wildman–Crippen LogP) is 5.74. The van der Waals surface area contributed by atoms with Crippen molar-refractivity contribution in [2.75, 3.05) is 11.4 Å². The van der Waals surface area contributed by atoms with Crippen LogP contribution in [-0.4, -0.2) is 40.1 Å². The molecule has 2 heterocycles. The molecule has 32 heavy (non-hydrogen) atoms. The van der Waals surface area contributed by atoms with Crippen molar-refractivity contribution < 1.29 is 14.3 Å². The Morgan fingerprint density at radius 1 is 1.00 bits per heavy atom. The molecule has 0 N–H and O–H groups in total. The molecular weight excluding hydrogens is 402 g/mol. The minimum atomic E-state index is -0.556. The zero-order valence-electron chi connectivity index (χ0n) is 19.3. The average Bonchev–Trinajstić information content (AvgIpc) is 2.75. The van der Waals surface area contributed by atoms with E-state index in [0.29, 0.717) is 11.4 Å². The standard InChI is InChI=1S/C26H33N3O3/c1-26(2,3)32-25(31)29(21-12-9-13-21)23-16-15-20(18-27-23)22-14-7-8-17-28(22)24(30)19-10-5-4-6-11-19/h4-6,10-11,15-16,18,21-22H,7-9,12-14,17H2,1-3H3. The van der Waals surface area contributed by atoms with E-state index < -0.39 is 5.60 Å². The second kappa shape index (κ2) is 9.31. The maximum absolute atomic E-state index is 13.2. The van der Waals surface area contributed by atoms with Gasteiger partial charge in [0.05, 0.1) is 6.04 Å². The number of pyridine rings is 1. The van der Waals surface area contributed by atoms with E-state index >= 15 is 0 Å². The van der Waals surface area contributed by atoms with E-state index in [0.717, 1.165) is 50.6 Å². The highest BCUT2D eigenvalue weighted by atomic mass is 16.6. The molecule has 6 nitrogen and oxygen atoms in total. The highest BCUT2D eigenvalue weighted by molar-refractivity contribution is 5.94. The fraction of sp³-hybridized carbons (Fsp3) is 0.500. The highest BCUT2D eigenvalue weighted by Crippen LogP contribution is 2.34. The number of carbonyl (C=O) groups excluding carboxylic acids is 2. The summed E-state index contributed by atoms with van der Waals surface area (Å²) >= 11 is 0. The molecule has 2 amide bonds. The van der Waals surface area contributed by atoms with E-state index in [1.165, 1.54) is 0 Å². The molecule has 2 aromatic rings. The van der Waals surface area contributed by atoms with Gasteiger partial charge in [0.25, 0.3) is 5.91 Å². The molecule has 1 aromatic carbocycles. The van der Waals surface area contributed by atoms with Crippen molar-refractivity contribution in [1.29, 1.82) is 0 Å². The van der Waals surface area contributed by atoms with E-state index in [2.05, 4.69) is 4.98 Å². The number of nitrogens with zero attached hydrogens (tertiary/aromatic N) is 3. The minimum Gasteiger partial charge on any atom is -0.443 e. The number of aromatic nitrogens is 1. The number of anilines is 1. The summed E-state index contributed by atoms with van der Waals surface area (Å²) < 4.78 is 5.65. The topological polar surface area (TPSA) is 62.7 Å². The molecule has 170 valence electrons. The molecule has 2 aliphatic rings. The zero-order valence-corrected chi connectivity index (χ0v) is 19.3. The Balaban J connectivity index is 1.55. The number of benzene rings is 1. The van der Waals surface area contributed by atoms with Gasteiger partial charge in [-0.25, -0.2) is 9.78 Å². The average molecular weight is 436 g/mol. The van der Waals surface area contributed by atoms with E-state index in [-0.39, 0.29) is 24.1 Å². The molecule has 1 atom stereocenters. The number of hydrogen-bond acceptors (Lipinski definition) is 4. The first-order valence-corrected chi connectivity index (χ1v) is 11.7. The lowest BCUT2D eigenvalue weighted by Crippen LogP contribution is -2.47. The largest absolute Gasteiger partial charge is 0.443 e. The highest BCUT2D eigenvalue weighted by Gasteiger charge is 2.35. The number of carbonyl (C=O) groups is 2. The van der Waals surface area contributed by atoms with Crippen LogP contribution in [0.25, 0.3) is 0 Å². The molecular formula is C26H33N3O3. The smallest absolute Gasteiger partial charge is 0.416 e. The molecule has 6 heteroatoms. The van der Waals surface area contributed by atoms with Crippen LogP contribution in [0.2, 0.25) is 0 Å². The van der Waals surface area contributed by atoms with Crippen LogP contribution in [0, 0.1) is 0 Å². The molecule has 1 saturated heterocycles. The quantitative estimate of drug-likeness (QED) is 0.614. The summed E-state index contributed by atoms with van der Waals surface area (Å²) in [5.74, 6) is 0.675. The number of rotatable bonds is 4. The predicted molar refractivity (Wildman–Crippen MR) is 125 cm³/mol. The van der Waals surface area contributed by atoms with E-state index in [1.54, 1.807) is 4.90 Å². The number of ether oxygens (including phenoxy) is 1. The van der Waals surface area contributed by atoms with Crippen molar-refractivity contribution in [3.8, 4) is 0 Å². The zero-order chi connectivity index (χ0) is 22.7. The van der Waals surface area contributed by atoms with Gasteiger partial charge in [-0.05, 0) is 83.1 Å². The molecule has 1 aliphatic carbocycles. The maximum Gasteiger partial charge on any atom is 0.416 e. The van der Waals surface area contributed by atoms with Crippen LogP contribution >= 0.6 is 0 Å². The van der Waals surface area contributed by atoms with Gasteiger partial charge in [-0.1, -0.05) is 24.3 Å². The minimum absolute atomic E-state index is 0.00307. The van der Waals surface area contributed by atoms with E-state index in [1.807, 2.05) is 74.3 Å². The first kappa shape index (κ1) is 22.3. The van der Waals surface area contributed by atoms with Crippen LogP contribution in [-0.2, 0) is 4.74 Å². The lowest BCUT2D eigenvalue weighted by Gasteiger charge is -2.38. The Labute approximate surface area is 190 Å². The molecule has 1 aliphatic heterocycles. The Kier molecular flexibility index (Phi) is 6.49. The third-order valence-electron chi connectivity index (χ3n) is 6.22. The molecule has 2 fully saturated rings. The first-order chi connectivity index (χ1) is 15.3. The van der Waals surface area contributed by atoms with Crippen molar-refractivity contribution in [1.82, 2.24) is 9.88 Å². The van der Waals surface area contributed by atoms with Gasteiger partial charge in [0.2, 0.25) is 0 Å². The van der Waals surface area contributed by atoms with Gasteiger partial charge in [-0.2, -0.15) is 0 Å². The monoisotopic (exact) mass is 435 g/mol. The fourth-order valence-electron chi connectivity index (χ4n) is 4.39. The van der Waals surface area contributed by atoms with Crippen molar-refractivity contribution in [3.05, 3.63) is 59.8 Å². The Morgan fingerprint density at radius 3 is 2.34 bits per heavy atom. The second-order valence-electron chi connectivity index (χ2n) is 9.76. The Bertz CT molecular complexity index is 933. The van der Waals surface area contributed by atoms with Crippen LogP contribution in [0.4, 0.5) is 10.6 Å².